The Balaban J connectivity index is 1.58. The topological polar surface area (TPSA) is 40.5 Å². The van der Waals surface area contributed by atoms with Crippen LogP contribution in [0.1, 0.15) is 30.4 Å². The number of hydrogen-bond donors (Lipinski definition) is 2. The summed E-state index contributed by atoms with van der Waals surface area (Å²) in [6.45, 7) is 0. The first kappa shape index (κ1) is 21.4. The largest absolute Gasteiger partial charge is 0.386 e. The predicted molar refractivity (Wildman–Crippen MR) is 135 cm³/mol. The Morgan fingerprint density at radius 2 is 0.970 bits per heavy atom. The van der Waals surface area contributed by atoms with Crippen molar-refractivity contribution in [1.29, 1.82) is 0 Å². The molecule has 0 fully saturated rings. The molecule has 164 valence electrons. The first-order chi connectivity index (χ1) is 16.1. The molecule has 4 aromatic rings. The molecule has 1 aliphatic rings. The zero-order valence-electron chi connectivity index (χ0n) is 18.6. The molecule has 0 saturated heterocycles. The SMILES string of the molecule is OC(c1ccc(-c2ccccc2)cc1)(c1ccc(-c2ccccc2)cc1)[C@]1(O)CC=CCC1. The highest BCUT2D eigenvalue weighted by Gasteiger charge is 2.51. The van der Waals surface area contributed by atoms with Gasteiger partial charge in [0.1, 0.15) is 11.2 Å². The molecule has 0 amide bonds. The fourth-order valence-corrected chi connectivity index (χ4v) is 4.92. The van der Waals surface area contributed by atoms with Crippen molar-refractivity contribution < 1.29 is 10.2 Å². The van der Waals surface area contributed by atoms with E-state index in [1.165, 1.54) is 0 Å². The van der Waals surface area contributed by atoms with Gasteiger partial charge in [0.2, 0.25) is 0 Å². The second kappa shape index (κ2) is 8.82. The summed E-state index contributed by atoms with van der Waals surface area (Å²) in [4.78, 5) is 0. The number of benzene rings is 4. The lowest BCUT2D eigenvalue weighted by atomic mass is 9.67. The molecule has 0 bridgehead atoms. The smallest absolute Gasteiger partial charge is 0.143 e. The van der Waals surface area contributed by atoms with Crippen molar-refractivity contribution in [3.8, 4) is 22.3 Å². The second-order valence-electron chi connectivity index (χ2n) is 8.84. The Morgan fingerprint density at radius 1 is 0.545 bits per heavy atom. The monoisotopic (exact) mass is 432 g/mol. The lowest BCUT2D eigenvalue weighted by Crippen LogP contribution is -2.53. The Labute approximate surface area is 195 Å². The molecule has 0 unspecified atom stereocenters. The number of rotatable bonds is 5. The van der Waals surface area contributed by atoms with Crippen LogP contribution in [0.4, 0.5) is 0 Å². The van der Waals surface area contributed by atoms with Crippen molar-refractivity contribution in [1.82, 2.24) is 0 Å². The molecule has 2 heteroatoms. The van der Waals surface area contributed by atoms with E-state index in [-0.39, 0.29) is 0 Å². The van der Waals surface area contributed by atoms with Crippen LogP contribution in [0.5, 0.6) is 0 Å². The third kappa shape index (κ3) is 3.93. The van der Waals surface area contributed by atoms with E-state index in [2.05, 4.69) is 30.3 Å². The van der Waals surface area contributed by atoms with Crippen LogP contribution in [-0.4, -0.2) is 15.8 Å². The number of aliphatic hydroxyl groups is 2. The van der Waals surface area contributed by atoms with Crippen LogP contribution in [0.3, 0.4) is 0 Å². The highest BCUT2D eigenvalue weighted by Crippen LogP contribution is 2.46. The van der Waals surface area contributed by atoms with E-state index in [4.69, 9.17) is 0 Å². The molecule has 33 heavy (non-hydrogen) atoms. The molecule has 0 radical (unpaired) electrons. The molecule has 2 N–H and O–H groups in total. The predicted octanol–water partition coefficient (Wildman–Crippen LogP) is 6.73. The van der Waals surface area contributed by atoms with Gasteiger partial charge in [0, 0.05) is 0 Å². The minimum absolute atomic E-state index is 0.407. The van der Waals surface area contributed by atoms with Gasteiger partial charge in [-0.3, -0.25) is 0 Å². The summed E-state index contributed by atoms with van der Waals surface area (Å²) in [6.07, 6.45) is 5.70. The molecule has 4 aromatic carbocycles. The molecule has 0 aromatic heterocycles. The molecule has 0 saturated carbocycles. The van der Waals surface area contributed by atoms with Crippen LogP contribution < -0.4 is 0 Å². The average Bonchev–Trinajstić information content (AvgIpc) is 2.90. The first-order valence-electron chi connectivity index (χ1n) is 11.5. The fourth-order valence-electron chi connectivity index (χ4n) is 4.92. The van der Waals surface area contributed by atoms with Gasteiger partial charge in [-0.15, -0.1) is 0 Å². The molecular weight excluding hydrogens is 404 g/mol. The highest BCUT2D eigenvalue weighted by atomic mass is 16.4. The van der Waals surface area contributed by atoms with Crippen molar-refractivity contribution >= 4 is 0 Å². The van der Waals surface area contributed by atoms with Crippen LogP contribution in [0.15, 0.2) is 121 Å². The second-order valence-corrected chi connectivity index (χ2v) is 8.84. The fraction of sp³-hybridized carbons (Fsp3) is 0.161. The Kier molecular flexibility index (Phi) is 5.72. The third-order valence-corrected chi connectivity index (χ3v) is 6.84. The first-order valence-corrected chi connectivity index (χ1v) is 11.5. The van der Waals surface area contributed by atoms with Crippen molar-refractivity contribution in [3.63, 3.8) is 0 Å². The van der Waals surface area contributed by atoms with Gasteiger partial charge in [0.15, 0.2) is 0 Å². The molecule has 0 heterocycles. The van der Waals surface area contributed by atoms with Crippen molar-refractivity contribution in [2.45, 2.75) is 30.5 Å². The Morgan fingerprint density at radius 3 is 1.36 bits per heavy atom. The van der Waals surface area contributed by atoms with E-state index < -0.39 is 11.2 Å². The minimum atomic E-state index is -1.53. The van der Waals surface area contributed by atoms with Gasteiger partial charge in [-0.25, -0.2) is 0 Å². The van der Waals surface area contributed by atoms with E-state index in [1.807, 2.05) is 91.0 Å². The summed E-state index contributed by atoms with van der Waals surface area (Å²) in [5, 5.41) is 24.0. The Bertz CT molecular complexity index is 1140. The van der Waals surface area contributed by atoms with Crippen molar-refractivity contribution in [3.05, 3.63) is 132 Å². The lowest BCUT2D eigenvalue weighted by molar-refractivity contribution is -0.137. The molecule has 1 aliphatic carbocycles. The van der Waals surface area contributed by atoms with Gasteiger partial charge in [-0.1, -0.05) is 121 Å². The van der Waals surface area contributed by atoms with Crippen LogP contribution >= 0.6 is 0 Å². The van der Waals surface area contributed by atoms with Crippen LogP contribution in [0.2, 0.25) is 0 Å². The summed E-state index contributed by atoms with van der Waals surface area (Å²) in [5.41, 5.74) is 3.00. The van der Waals surface area contributed by atoms with Gasteiger partial charge in [-0.2, -0.15) is 0 Å². The van der Waals surface area contributed by atoms with Gasteiger partial charge < -0.3 is 10.2 Å². The van der Waals surface area contributed by atoms with E-state index in [9.17, 15) is 10.2 Å². The zero-order valence-corrected chi connectivity index (χ0v) is 18.6. The Hall–Kier alpha value is -3.46. The number of hydrogen-bond acceptors (Lipinski definition) is 2. The molecule has 0 aliphatic heterocycles. The minimum Gasteiger partial charge on any atom is -0.386 e. The highest BCUT2D eigenvalue weighted by molar-refractivity contribution is 5.65. The maximum Gasteiger partial charge on any atom is 0.143 e. The summed E-state index contributed by atoms with van der Waals surface area (Å²) in [6, 6.07) is 36.3. The van der Waals surface area contributed by atoms with E-state index in [0.717, 1.165) is 28.7 Å². The molecular formula is C31H28O2. The average molecular weight is 433 g/mol. The van der Waals surface area contributed by atoms with E-state index >= 15 is 0 Å². The number of allylic oxidation sites excluding steroid dienone is 1. The summed E-state index contributed by atoms with van der Waals surface area (Å²) >= 11 is 0. The van der Waals surface area contributed by atoms with Crippen LogP contribution in [0, 0.1) is 0 Å². The van der Waals surface area contributed by atoms with Crippen LogP contribution in [0.25, 0.3) is 22.3 Å². The molecule has 0 spiro atoms. The van der Waals surface area contributed by atoms with Crippen LogP contribution in [-0.2, 0) is 5.60 Å². The summed E-state index contributed by atoms with van der Waals surface area (Å²) in [5.74, 6) is 0. The van der Waals surface area contributed by atoms with Gasteiger partial charge in [0.05, 0.1) is 0 Å². The molecule has 5 rings (SSSR count). The van der Waals surface area contributed by atoms with E-state index in [1.54, 1.807) is 0 Å². The maximum absolute atomic E-state index is 12.3. The quantitative estimate of drug-likeness (QED) is 0.343. The standard InChI is InChI=1S/C31H28O2/c32-30(22-8-3-9-23-30)31(33,28-18-14-26(15-19-28)24-10-4-1-5-11-24)29-20-16-27(17-21-29)25-12-6-2-7-13-25/h1-8,10-21,32-33H,9,22-23H2/t30-/m0/s1. The normalized spacial score (nSPS) is 18.2. The van der Waals surface area contributed by atoms with Crippen molar-refractivity contribution in [2.75, 3.05) is 0 Å². The lowest BCUT2D eigenvalue weighted by Gasteiger charge is -2.45. The molecule has 1 atom stereocenters. The maximum atomic E-state index is 12.3. The van der Waals surface area contributed by atoms with E-state index in [0.29, 0.717) is 24.0 Å². The van der Waals surface area contributed by atoms with Gasteiger partial charge in [0.25, 0.3) is 0 Å². The van der Waals surface area contributed by atoms with Gasteiger partial charge >= 0.3 is 0 Å². The zero-order chi connectivity index (χ0) is 22.7. The van der Waals surface area contributed by atoms with Crippen molar-refractivity contribution in [2.24, 2.45) is 0 Å². The third-order valence-electron chi connectivity index (χ3n) is 6.84. The molecule has 2 nitrogen and oxygen atoms in total. The summed E-state index contributed by atoms with van der Waals surface area (Å²) < 4.78 is 0. The summed E-state index contributed by atoms with van der Waals surface area (Å²) in [7, 11) is 0. The van der Waals surface area contributed by atoms with Gasteiger partial charge in [-0.05, 0) is 52.6 Å².